The van der Waals surface area contributed by atoms with Crippen molar-refractivity contribution in [3.8, 4) is 0 Å². The van der Waals surface area contributed by atoms with Crippen molar-refractivity contribution in [3.63, 3.8) is 0 Å². The number of carbonyl (C=O) groups excluding carboxylic acids is 1. The van der Waals surface area contributed by atoms with E-state index >= 15 is 0 Å². The van der Waals surface area contributed by atoms with Gasteiger partial charge in [0.1, 0.15) is 17.9 Å². The lowest BCUT2D eigenvalue weighted by Crippen LogP contribution is -1.99. The predicted octanol–water partition coefficient (Wildman–Crippen LogP) is 4.06. The van der Waals surface area contributed by atoms with Gasteiger partial charge in [-0.1, -0.05) is 12.8 Å². The van der Waals surface area contributed by atoms with Crippen molar-refractivity contribution in [2.24, 2.45) is 5.92 Å². The predicted molar refractivity (Wildman–Crippen MR) is 64.4 cm³/mol. The number of aldehydes is 1. The van der Waals surface area contributed by atoms with Gasteiger partial charge in [0, 0.05) is 11.3 Å². The lowest BCUT2D eigenvalue weighted by molar-refractivity contribution is 0.112. The fourth-order valence-electron chi connectivity index (χ4n) is 2.16. The summed E-state index contributed by atoms with van der Waals surface area (Å²) in [6.07, 6.45) is 5.21. The van der Waals surface area contributed by atoms with E-state index in [0.29, 0.717) is 12.2 Å². The first-order valence-corrected chi connectivity index (χ1v) is 6.76. The molecule has 1 aliphatic rings. The van der Waals surface area contributed by atoms with Crippen LogP contribution in [0.15, 0.2) is 17.0 Å². The normalized spacial score (nSPS) is 16.4. The molecule has 0 amide bonds. The van der Waals surface area contributed by atoms with Gasteiger partial charge in [-0.3, -0.25) is 4.79 Å². The highest BCUT2D eigenvalue weighted by Gasteiger charge is 2.18. The molecule has 1 aromatic carbocycles. The molecule has 0 N–H and O–H groups in total. The van der Waals surface area contributed by atoms with Gasteiger partial charge in [0.05, 0.1) is 4.90 Å². The number of halogens is 2. The van der Waals surface area contributed by atoms with Crippen molar-refractivity contribution in [2.45, 2.75) is 30.6 Å². The van der Waals surface area contributed by atoms with Crippen molar-refractivity contribution in [3.05, 3.63) is 29.3 Å². The lowest BCUT2D eigenvalue weighted by atomic mass is 10.1. The Morgan fingerprint density at radius 3 is 2.35 bits per heavy atom. The molecule has 92 valence electrons. The Morgan fingerprint density at radius 2 is 1.82 bits per heavy atom. The monoisotopic (exact) mass is 256 g/mol. The summed E-state index contributed by atoms with van der Waals surface area (Å²) in [5.74, 6) is 0.0728. The zero-order chi connectivity index (χ0) is 12.3. The van der Waals surface area contributed by atoms with Crippen molar-refractivity contribution in [2.75, 3.05) is 5.75 Å². The molecule has 0 saturated heterocycles. The maximum atomic E-state index is 13.6. The maximum Gasteiger partial charge on any atom is 0.150 e. The van der Waals surface area contributed by atoms with Crippen molar-refractivity contribution in [1.82, 2.24) is 0 Å². The highest BCUT2D eigenvalue weighted by atomic mass is 32.2. The molecule has 1 aromatic rings. The third-order valence-corrected chi connectivity index (χ3v) is 4.41. The number of carbonyl (C=O) groups is 1. The summed E-state index contributed by atoms with van der Waals surface area (Å²) in [5, 5.41) is 0. The van der Waals surface area contributed by atoms with Gasteiger partial charge >= 0.3 is 0 Å². The molecule has 0 aliphatic heterocycles. The van der Waals surface area contributed by atoms with Crippen molar-refractivity contribution < 1.29 is 13.6 Å². The Balaban J connectivity index is 2.06. The maximum absolute atomic E-state index is 13.6. The van der Waals surface area contributed by atoms with Crippen LogP contribution < -0.4 is 0 Å². The molecule has 0 spiro atoms. The highest BCUT2D eigenvalue weighted by Crippen LogP contribution is 2.33. The largest absolute Gasteiger partial charge is 0.298 e. The second kappa shape index (κ2) is 5.63. The minimum atomic E-state index is -0.630. The Morgan fingerprint density at radius 1 is 1.24 bits per heavy atom. The van der Waals surface area contributed by atoms with Crippen LogP contribution in [0.3, 0.4) is 0 Å². The number of thioether (sulfide) groups is 1. The minimum absolute atomic E-state index is 0.0440. The quantitative estimate of drug-likeness (QED) is 0.597. The second-order valence-corrected chi connectivity index (χ2v) is 5.42. The van der Waals surface area contributed by atoms with Gasteiger partial charge in [0.2, 0.25) is 0 Å². The van der Waals surface area contributed by atoms with Gasteiger partial charge < -0.3 is 0 Å². The molecule has 0 bridgehead atoms. The Kier molecular flexibility index (Phi) is 4.15. The molecule has 1 fully saturated rings. The van der Waals surface area contributed by atoms with Crippen molar-refractivity contribution in [1.29, 1.82) is 0 Å². The zero-order valence-electron chi connectivity index (χ0n) is 9.42. The van der Waals surface area contributed by atoms with Crippen molar-refractivity contribution >= 4 is 18.0 Å². The number of hydrogen-bond acceptors (Lipinski definition) is 2. The van der Waals surface area contributed by atoms with Gasteiger partial charge in [-0.15, -0.1) is 11.8 Å². The zero-order valence-corrected chi connectivity index (χ0v) is 10.2. The third kappa shape index (κ3) is 3.06. The van der Waals surface area contributed by atoms with E-state index in [9.17, 15) is 13.6 Å². The van der Waals surface area contributed by atoms with E-state index in [2.05, 4.69) is 0 Å². The average molecular weight is 256 g/mol. The molecule has 0 atom stereocenters. The standard InChI is InChI=1S/C13H14F2OS/c14-11-5-10(7-16)6-12(15)13(11)17-8-9-3-1-2-4-9/h5-7,9H,1-4,8H2. The number of hydrogen-bond donors (Lipinski definition) is 0. The van der Waals surface area contributed by atoms with Crippen LogP contribution in [0.4, 0.5) is 8.78 Å². The van der Waals surface area contributed by atoms with Gasteiger partial charge in [-0.2, -0.15) is 0 Å². The molecule has 4 heteroatoms. The summed E-state index contributed by atoms with van der Waals surface area (Å²) in [6.45, 7) is 0. The van der Waals surface area contributed by atoms with Gasteiger partial charge in [0.15, 0.2) is 0 Å². The molecule has 0 radical (unpaired) electrons. The molecule has 0 heterocycles. The first-order valence-electron chi connectivity index (χ1n) is 5.77. The number of rotatable bonds is 4. The molecule has 0 unspecified atom stereocenters. The summed E-state index contributed by atoms with van der Waals surface area (Å²) in [4.78, 5) is 10.5. The summed E-state index contributed by atoms with van der Waals surface area (Å²) in [5.41, 5.74) is 0.0465. The molecule has 0 aromatic heterocycles. The van der Waals surface area contributed by atoms with Crippen LogP contribution in [-0.4, -0.2) is 12.0 Å². The van der Waals surface area contributed by atoms with Crippen LogP contribution in [-0.2, 0) is 0 Å². The molecule has 17 heavy (non-hydrogen) atoms. The Hall–Kier alpha value is -0.900. The topological polar surface area (TPSA) is 17.1 Å². The lowest BCUT2D eigenvalue weighted by Gasteiger charge is -2.09. The van der Waals surface area contributed by atoms with Crippen LogP contribution in [0.2, 0.25) is 0 Å². The number of benzene rings is 1. The SMILES string of the molecule is O=Cc1cc(F)c(SCC2CCCC2)c(F)c1. The smallest absolute Gasteiger partial charge is 0.150 e. The van der Waals surface area contributed by atoms with Crippen LogP contribution in [0.1, 0.15) is 36.0 Å². The average Bonchev–Trinajstić information content (AvgIpc) is 2.80. The third-order valence-electron chi connectivity index (χ3n) is 3.09. The van der Waals surface area contributed by atoms with E-state index in [0.717, 1.165) is 30.7 Å². The van der Waals surface area contributed by atoms with Crippen LogP contribution in [0.25, 0.3) is 0 Å². The first-order chi connectivity index (χ1) is 8.20. The van der Waals surface area contributed by atoms with E-state index in [1.165, 1.54) is 24.6 Å². The fraction of sp³-hybridized carbons (Fsp3) is 0.462. The summed E-state index contributed by atoms with van der Waals surface area (Å²) >= 11 is 1.22. The molecule has 1 nitrogen and oxygen atoms in total. The molecular formula is C13H14F2OS. The second-order valence-electron chi connectivity index (χ2n) is 4.39. The molecule has 2 rings (SSSR count). The first kappa shape index (κ1) is 12.6. The summed E-state index contributed by atoms with van der Waals surface area (Å²) < 4.78 is 27.1. The fourth-order valence-corrected chi connectivity index (χ4v) is 3.29. The van der Waals surface area contributed by atoms with E-state index in [4.69, 9.17) is 0 Å². The van der Waals surface area contributed by atoms with Crippen LogP contribution >= 0.6 is 11.8 Å². The van der Waals surface area contributed by atoms with Gasteiger partial charge in [-0.25, -0.2) is 8.78 Å². The van der Waals surface area contributed by atoms with E-state index in [-0.39, 0.29) is 10.5 Å². The van der Waals surface area contributed by atoms with E-state index in [1.54, 1.807) is 0 Å². The van der Waals surface area contributed by atoms with E-state index < -0.39 is 11.6 Å². The van der Waals surface area contributed by atoms with Gasteiger partial charge in [-0.05, 0) is 30.9 Å². The minimum Gasteiger partial charge on any atom is -0.298 e. The highest BCUT2D eigenvalue weighted by molar-refractivity contribution is 7.99. The Labute approximate surface area is 104 Å². The summed E-state index contributed by atoms with van der Waals surface area (Å²) in [7, 11) is 0. The molecular weight excluding hydrogens is 242 g/mol. The molecule has 1 aliphatic carbocycles. The Bertz CT molecular complexity index is 391. The van der Waals surface area contributed by atoms with Crippen LogP contribution in [0, 0.1) is 17.6 Å². The molecule has 1 saturated carbocycles. The van der Waals surface area contributed by atoms with Gasteiger partial charge in [0.25, 0.3) is 0 Å². The van der Waals surface area contributed by atoms with Crippen LogP contribution in [0.5, 0.6) is 0 Å². The summed E-state index contributed by atoms with van der Waals surface area (Å²) in [6, 6.07) is 2.18. The van der Waals surface area contributed by atoms with E-state index in [1.807, 2.05) is 0 Å².